The molecular weight excluding hydrogens is 314 g/mol. The van der Waals surface area contributed by atoms with Crippen molar-refractivity contribution in [2.24, 2.45) is 0 Å². The standard InChI is InChI=1S/C20H19N3O2/c21-12-15-5-3-8-16(11-15)20(25)22-13-17-6-1-2-7-18(17)14-23-10-4-9-19(23)24/h1-3,5-8,11H,4,9-10,13-14H2,(H,22,25). The normalized spacial score (nSPS) is 13.6. The summed E-state index contributed by atoms with van der Waals surface area (Å²) in [7, 11) is 0. The molecule has 25 heavy (non-hydrogen) atoms. The van der Waals surface area contributed by atoms with Crippen LogP contribution in [0.15, 0.2) is 48.5 Å². The van der Waals surface area contributed by atoms with E-state index in [1.165, 1.54) is 0 Å². The Balaban J connectivity index is 1.67. The highest BCUT2D eigenvalue weighted by Gasteiger charge is 2.20. The predicted molar refractivity (Wildman–Crippen MR) is 93.4 cm³/mol. The highest BCUT2D eigenvalue weighted by Crippen LogP contribution is 2.17. The van der Waals surface area contributed by atoms with Gasteiger partial charge in [0.2, 0.25) is 5.91 Å². The molecule has 0 saturated carbocycles. The first-order chi connectivity index (χ1) is 12.2. The van der Waals surface area contributed by atoms with Gasteiger partial charge >= 0.3 is 0 Å². The van der Waals surface area contributed by atoms with Crippen LogP contribution in [0.5, 0.6) is 0 Å². The lowest BCUT2D eigenvalue weighted by Crippen LogP contribution is -2.26. The lowest BCUT2D eigenvalue weighted by atomic mass is 10.1. The summed E-state index contributed by atoms with van der Waals surface area (Å²) in [6, 6.07) is 16.5. The molecule has 1 saturated heterocycles. The van der Waals surface area contributed by atoms with Gasteiger partial charge in [-0.25, -0.2) is 0 Å². The van der Waals surface area contributed by atoms with Gasteiger partial charge in [0, 0.05) is 31.6 Å². The van der Waals surface area contributed by atoms with Gasteiger partial charge in [-0.15, -0.1) is 0 Å². The molecule has 126 valence electrons. The maximum Gasteiger partial charge on any atom is 0.251 e. The molecule has 0 unspecified atom stereocenters. The van der Waals surface area contributed by atoms with Crippen LogP contribution in [0.3, 0.4) is 0 Å². The second-order valence-electron chi connectivity index (χ2n) is 6.06. The van der Waals surface area contributed by atoms with E-state index in [0.29, 0.717) is 30.6 Å². The third-order valence-corrected chi connectivity index (χ3v) is 4.34. The lowest BCUT2D eigenvalue weighted by Gasteiger charge is -2.18. The van der Waals surface area contributed by atoms with Crippen molar-refractivity contribution in [1.82, 2.24) is 10.2 Å². The second-order valence-corrected chi connectivity index (χ2v) is 6.06. The Morgan fingerprint density at radius 2 is 1.96 bits per heavy atom. The number of nitrogens with one attached hydrogen (secondary N) is 1. The Hall–Kier alpha value is -3.13. The number of carbonyl (C=O) groups excluding carboxylic acids is 2. The van der Waals surface area contributed by atoms with E-state index in [4.69, 9.17) is 5.26 Å². The minimum Gasteiger partial charge on any atom is -0.348 e. The summed E-state index contributed by atoms with van der Waals surface area (Å²) in [5.74, 6) is -0.0312. The van der Waals surface area contributed by atoms with Crippen LogP contribution in [0.1, 0.15) is 39.9 Å². The largest absolute Gasteiger partial charge is 0.348 e. The number of rotatable bonds is 5. The predicted octanol–water partition coefficient (Wildman–Crippen LogP) is 2.61. The molecule has 0 aromatic heterocycles. The number of amides is 2. The fraction of sp³-hybridized carbons (Fsp3) is 0.250. The molecule has 1 fully saturated rings. The maximum absolute atomic E-state index is 12.3. The van der Waals surface area contributed by atoms with Crippen molar-refractivity contribution in [1.29, 1.82) is 5.26 Å². The van der Waals surface area contributed by atoms with E-state index < -0.39 is 0 Å². The number of benzene rings is 2. The third kappa shape index (κ3) is 4.04. The van der Waals surface area contributed by atoms with E-state index in [-0.39, 0.29) is 11.8 Å². The Morgan fingerprint density at radius 1 is 1.16 bits per heavy atom. The number of hydrogen-bond donors (Lipinski definition) is 1. The van der Waals surface area contributed by atoms with Crippen LogP contribution < -0.4 is 5.32 Å². The monoisotopic (exact) mass is 333 g/mol. The van der Waals surface area contributed by atoms with Gasteiger partial charge in [0.25, 0.3) is 5.91 Å². The molecule has 0 atom stereocenters. The van der Waals surface area contributed by atoms with Gasteiger partial charge in [-0.1, -0.05) is 30.3 Å². The van der Waals surface area contributed by atoms with E-state index >= 15 is 0 Å². The fourth-order valence-corrected chi connectivity index (χ4v) is 2.97. The van der Waals surface area contributed by atoms with Crippen LogP contribution in [0, 0.1) is 11.3 Å². The molecule has 0 bridgehead atoms. The Morgan fingerprint density at radius 3 is 2.68 bits per heavy atom. The highest BCUT2D eigenvalue weighted by molar-refractivity contribution is 5.94. The van der Waals surface area contributed by atoms with Gasteiger partial charge in [-0.3, -0.25) is 9.59 Å². The zero-order valence-corrected chi connectivity index (χ0v) is 13.9. The van der Waals surface area contributed by atoms with Gasteiger partial charge in [-0.05, 0) is 35.7 Å². The third-order valence-electron chi connectivity index (χ3n) is 4.34. The van der Waals surface area contributed by atoms with Crippen molar-refractivity contribution in [3.8, 4) is 6.07 Å². The molecule has 5 heteroatoms. The molecule has 2 aromatic rings. The zero-order chi connectivity index (χ0) is 17.6. The maximum atomic E-state index is 12.3. The van der Waals surface area contributed by atoms with Crippen molar-refractivity contribution < 1.29 is 9.59 Å². The van der Waals surface area contributed by atoms with Crippen LogP contribution in [-0.4, -0.2) is 23.3 Å². The number of nitrogens with zero attached hydrogens (tertiary/aromatic N) is 2. The van der Waals surface area contributed by atoms with Gasteiger partial charge < -0.3 is 10.2 Å². The van der Waals surface area contributed by atoms with Crippen LogP contribution >= 0.6 is 0 Å². The van der Waals surface area contributed by atoms with Crippen LogP contribution in [0.25, 0.3) is 0 Å². The molecule has 0 spiro atoms. The van der Waals surface area contributed by atoms with Crippen LogP contribution in [-0.2, 0) is 17.9 Å². The summed E-state index contributed by atoms with van der Waals surface area (Å²) in [6.07, 6.45) is 1.53. The molecule has 1 aliphatic heterocycles. The van der Waals surface area contributed by atoms with E-state index in [0.717, 1.165) is 24.1 Å². The van der Waals surface area contributed by atoms with E-state index in [2.05, 4.69) is 5.32 Å². The highest BCUT2D eigenvalue weighted by atomic mass is 16.2. The molecular formula is C20H19N3O2. The molecule has 0 radical (unpaired) electrons. The molecule has 2 aromatic carbocycles. The van der Waals surface area contributed by atoms with Crippen molar-refractivity contribution in [2.75, 3.05) is 6.54 Å². The van der Waals surface area contributed by atoms with Gasteiger partial charge in [0.05, 0.1) is 11.6 Å². The average molecular weight is 333 g/mol. The summed E-state index contributed by atoms with van der Waals surface area (Å²) >= 11 is 0. The van der Waals surface area contributed by atoms with E-state index in [9.17, 15) is 9.59 Å². The molecule has 2 amide bonds. The van der Waals surface area contributed by atoms with Crippen LogP contribution in [0.2, 0.25) is 0 Å². The summed E-state index contributed by atoms with van der Waals surface area (Å²) in [5.41, 5.74) is 2.96. The topological polar surface area (TPSA) is 73.2 Å². The first kappa shape index (κ1) is 16.7. The minimum absolute atomic E-state index is 0.187. The number of hydrogen-bond acceptors (Lipinski definition) is 3. The van der Waals surface area contributed by atoms with E-state index in [1.54, 1.807) is 24.3 Å². The second kappa shape index (κ2) is 7.63. The minimum atomic E-state index is -0.218. The molecule has 3 rings (SSSR count). The van der Waals surface area contributed by atoms with Gasteiger partial charge in [0.1, 0.15) is 0 Å². The lowest BCUT2D eigenvalue weighted by molar-refractivity contribution is -0.128. The van der Waals surface area contributed by atoms with Crippen molar-refractivity contribution in [3.05, 3.63) is 70.8 Å². The molecule has 5 nitrogen and oxygen atoms in total. The summed E-state index contributed by atoms with van der Waals surface area (Å²) in [5, 5.41) is 11.8. The van der Waals surface area contributed by atoms with Crippen LogP contribution in [0.4, 0.5) is 0 Å². The molecule has 0 aliphatic carbocycles. The summed E-state index contributed by atoms with van der Waals surface area (Å²) < 4.78 is 0. The number of nitriles is 1. The average Bonchev–Trinajstić information content (AvgIpc) is 3.05. The van der Waals surface area contributed by atoms with Gasteiger partial charge in [-0.2, -0.15) is 5.26 Å². The zero-order valence-electron chi connectivity index (χ0n) is 13.9. The number of likely N-dealkylation sites (tertiary alicyclic amines) is 1. The fourth-order valence-electron chi connectivity index (χ4n) is 2.97. The molecule has 1 aliphatic rings. The molecule has 1 N–H and O–H groups in total. The summed E-state index contributed by atoms with van der Waals surface area (Å²) in [6.45, 7) is 1.75. The smallest absolute Gasteiger partial charge is 0.251 e. The van der Waals surface area contributed by atoms with E-state index in [1.807, 2.05) is 35.2 Å². The first-order valence-electron chi connectivity index (χ1n) is 8.30. The van der Waals surface area contributed by atoms with Crippen molar-refractivity contribution in [3.63, 3.8) is 0 Å². The Labute approximate surface area is 146 Å². The Kier molecular flexibility index (Phi) is 5.10. The van der Waals surface area contributed by atoms with Crippen molar-refractivity contribution >= 4 is 11.8 Å². The quantitative estimate of drug-likeness (QED) is 0.914. The van der Waals surface area contributed by atoms with Gasteiger partial charge in [0.15, 0.2) is 0 Å². The first-order valence-corrected chi connectivity index (χ1v) is 8.30. The number of carbonyl (C=O) groups is 2. The SMILES string of the molecule is N#Cc1cccc(C(=O)NCc2ccccc2CN2CCCC2=O)c1. The summed E-state index contributed by atoms with van der Waals surface area (Å²) in [4.78, 5) is 26.0. The Bertz CT molecular complexity index is 839. The molecule has 1 heterocycles. The van der Waals surface area contributed by atoms with Crippen molar-refractivity contribution in [2.45, 2.75) is 25.9 Å².